The highest BCUT2D eigenvalue weighted by Crippen LogP contribution is 2.35. The first-order chi connectivity index (χ1) is 19.7. The van der Waals surface area contributed by atoms with Crippen molar-refractivity contribution in [3.8, 4) is 0 Å². The molecule has 0 bridgehead atoms. The minimum absolute atomic E-state index is 0.344. The van der Waals surface area contributed by atoms with Crippen LogP contribution in [-0.4, -0.2) is 101 Å². The maximum Gasteiger partial charge on any atom is 0.493 e. The summed E-state index contributed by atoms with van der Waals surface area (Å²) in [5, 5.41) is 0. The average molecular weight is 663 g/mol. The summed E-state index contributed by atoms with van der Waals surface area (Å²) in [6.45, 7) is 15.6. The van der Waals surface area contributed by atoms with Gasteiger partial charge >= 0.3 is 35.2 Å². The van der Waals surface area contributed by atoms with E-state index in [9.17, 15) is 0 Å². The lowest BCUT2D eigenvalue weighted by Crippen LogP contribution is -2.67. The number of hydrogen-bond acceptors (Lipinski definition) is 13. The third-order valence-electron chi connectivity index (χ3n) is 5.87. The summed E-state index contributed by atoms with van der Waals surface area (Å²) in [5.41, 5.74) is 23.8. The van der Waals surface area contributed by atoms with Gasteiger partial charge in [0.05, 0.1) is 0 Å². The van der Waals surface area contributed by atoms with E-state index in [-0.39, 0.29) is 0 Å². The molecule has 0 spiro atoms. The molecule has 0 aliphatic carbocycles. The van der Waals surface area contributed by atoms with Crippen LogP contribution >= 0.6 is 0 Å². The van der Waals surface area contributed by atoms with Crippen molar-refractivity contribution in [2.24, 2.45) is 22.9 Å². The van der Waals surface area contributed by atoms with Gasteiger partial charge in [-0.25, -0.2) is 0 Å². The van der Waals surface area contributed by atoms with Crippen LogP contribution in [0.25, 0.3) is 0 Å². The molecule has 0 fully saturated rings. The van der Waals surface area contributed by atoms with Crippen LogP contribution in [0.1, 0.15) is 67.2 Å². The molecule has 0 radical (unpaired) electrons. The van der Waals surface area contributed by atoms with E-state index in [1.54, 1.807) is 0 Å². The van der Waals surface area contributed by atoms with E-state index >= 15 is 0 Å². The van der Waals surface area contributed by atoms with Crippen LogP contribution in [0.2, 0.25) is 24.2 Å². The molecule has 0 amide bonds. The molecule has 0 aromatic rings. The highest BCUT2D eigenvalue weighted by atomic mass is 28.5. The first-order valence-corrected chi connectivity index (χ1v) is 23.2. The van der Waals surface area contributed by atoms with E-state index in [1.165, 1.54) is 0 Å². The summed E-state index contributed by atoms with van der Waals surface area (Å²) in [7, 11) is -13.8. The van der Waals surface area contributed by atoms with Crippen molar-refractivity contribution in [3.63, 3.8) is 0 Å². The van der Waals surface area contributed by atoms with Gasteiger partial charge in [0.2, 0.25) is 0 Å². The van der Waals surface area contributed by atoms with E-state index in [4.69, 9.17) is 61.8 Å². The van der Waals surface area contributed by atoms with Crippen molar-refractivity contribution in [2.45, 2.75) is 91.4 Å². The van der Waals surface area contributed by atoms with Crippen molar-refractivity contribution in [2.75, 3.05) is 65.8 Å². The van der Waals surface area contributed by atoms with Crippen LogP contribution in [0, 0.1) is 0 Å². The normalized spacial score (nSPS) is 15.7. The fourth-order valence-corrected chi connectivity index (χ4v) is 21.7. The first kappa shape index (κ1) is 41.3. The maximum absolute atomic E-state index is 7.13. The van der Waals surface area contributed by atoms with Crippen molar-refractivity contribution >= 4 is 35.2 Å². The molecule has 248 valence electrons. The third-order valence-corrected chi connectivity index (χ3v) is 21.6. The van der Waals surface area contributed by atoms with Gasteiger partial charge in [-0.05, 0) is 93.4 Å². The van der Waals surface area contributed by atoms with Crippen molar-refractivity contribution in [1.29, 1.82) is 0 Å². The highest BCUT2D eigenvalue weighted by molar-refractivity contribution is 6.84. The van der Waals surface area contributed by atoms with Crippen LogP contribution in [0.5, 0.6) is 0 Å². The molecule has 0 saturated carbocycles. The van der Waals surface area contributed by atoms with E-state index in [0.29, 0.717) is 116 Å². The van der Waals surface area contributed by atoms with Gasteiger partial charge in [0.25, 0.3) is 0 Å². The zero-order valence-corrected chi connectivity index (χ0v) is 30.7. The molecule has 8 N–H and O–H groups in total. The van der Waals surface area contributed by atoms with Crippen LogP contribution in [0.15, 0.2) is 0 Å². The van der Waals surface area contributed by atoms with Gasteiger partial charge < -0.3 is 61.8 Å². The topological polar surface area (TPSA) is 187 Å². The molecule has 0 rings (SSSR count). The summed E-state index contributed by atoms with van der Waals surface area (Å²) in [6, 6.07) is 1.92. The third kappa shape index (κ3) is 15.3. The molecule has 13 nitrogen and oxygen atoms in total. The minimum Gasteiger partial charge on any atom is -0.375 e. The zero-order valence-electron chi connectivity index (χ0n) is 26.7. The molecule has 41 heavy (non-hydrogen) atoms. The second-order valence-electron chi connectivity index (χ2n) is 9.21. The molecule has 17 heteroatoms. The smallest absolute Gasteiger partial charge is 0.375 e. The van der Waals surface area contributed by atoms with Gasteiger partial charge in [0.15, 0.2) is 0 Å². The van der Waals surface area contributed by atoms with Crippen LogP contribution < -0.4 is 22.9 Å². The summed E-state index contributed by atoms with van der Waals surface area (Å²) in [6.07, 6.45) is 2.54. The Kier molecular flexibility index (Phi) is 23.9. The fourth-order valence-electron chi connectivity index (χ4n) is 4.40. The Morgan fingerprint density at radius 1 is 0.341 bits per heavy atom. The highest BCUT2D eigenvalue weighted by Gasteiger charge is 2.61. The quantitative estimate of drug-likeness (QED) is 0.0822. The van der Waals surface area contributed by atoms with Gasteiger partial charge in [-0.15, -0.1) is 0 Å². The predicted molar refractivity (Wildman–Crippen MR) is 170 cm³/mol. The molecular formula is C24H62N4O9Si4. The lowest BCUT2D eigenvalue weighted by atomic mass is 10.5. The van der Waals surface area contributed by atoms with E-state index in [0.717, 1.165) is 0 Å². The van der Waals surface area contributed by atoms with Gasteiger partial charge in [0.1, 0.15) is 0 Å². The second-order valence-corrected chi connectivity index (χ2v) is 20.9. The van der Waals surface area contributed by atoms with Crippen molar-refractivity contribution < 1.29 is 38.9 Å². The largest absolute Gasteiger partial charge is 0.493 e. The molecular weight excluding hydrogens is 601 g/mol. The van der Waals surface area contributed by atoms with E-state index in [2.05, 4.69) is 0 Å². The number of rotatable bonds is 30. The Labute approximate surface area is 254 Å². The predicted octanol–water partition coefficient (Wildman–Crippen LogP) is 2.41. The fraction of sp³-hybridized carbons (Fsp3) is 1.00. The number of nitrogens with two attached hydrogens (primary N) is 4. The lowest BCUT2D eigenvalue weighted by Gasteiger charge is -2.44. The van der Waals surface area contributed by atoms with Gasteiger partial charge in [-0.2, -0.15) is 0 Å². The maximum atomic E-state index is 7.13. The molecule has 0 aliphatic heterocycles. The van der Waals surface area contributed by atoms with Crippen LogP contribution in [0.3, 0.4) is 0 Å². The Morgan fingerprint density at radius 2 is 0.537 bits per heavy atom. The van der Waals surface area contributed by atoms with Gasteiger partial charge in [0, 0.05) is 63.8 Å². The van der Waals surface area contributed by atoms with Crippen molar-refractivity contribution in [1.82, 2.24) is 0 Å². The molecule has 2 unspecified atom stereocenters. The molecule has 0 aliphatic rings. The summed E-state index contributed by atoms with van der Waals surface area (Å²) >= 11 is 0. The number of hydrogen-bond donors (Lipinski definition) is 4. The van der Waals surface area contributed by atoms with Gasteiger partial charge in [-0.3, -0.25) is 0 Å². The molecule has 0 aromatic heterocycles. The zero-order chi connectivity index (χ0) is 31.1. The van der Waals surface area contributed by atoms with Crippen molar-refractivity contribution in [3.05, 3.63) is 0 Å². The van der Waals surface area contributed by atoms with E-state index in [1.807, 2.05) is 41.5 Å². The van der Waals surface area contributed by atoms with Crippen LogP contribution in [0.4, 0.5) is 0 Å². The van der Waals surface area contributed by atoms with Gasteiger partial charge in [-0.1, -0.05) is 0 Å². The Morgan fingerprint density at radius 3 is 0.756 bits per heavy atom. The molecule has 2 atom stereocenters. The first-order valence-electron chi connectivity index (χ1n) is 15.5. The second kappa shape index (κ2) is 23.7. The Bertz CT molecular complexity index is 578. The molecule has 0 aromatic carbocycles. The Balaban J connectivity index is 7.09. The SMILES string of the molecule is CCO[Si](CCCN)(OCC)O[Si](CCCN)(OCC)O[Si](CCCN)(OCC)O[Si](CCCN)(OCC)OCC. The Hall–Kier alpha value is 0.348. The summed E-state index contributed by atoms with van der Waals surface area (Å²) in [5.74, 6) is 0. The average Bonchev–Trinajstić information content (AvgIpc) is 2.94. The van der Waals surface area contributed by atoms with E-state index < -0.39 is 35.2 Å². The summed E-state index contributed by atoms with van der Waals surface area (Å²) in [4.78, 5) is 0. The summed E-state index contributed by atoms with van der Waals surface area (Å²) < 4.78 is 59.2. The molecule has 0 heterocycles. The van der Waals surface area contributed by atoms with Crippen LogP contribution in [-0.2, 0) is 38.9 Å². The minimum atomic E-state index is -3.63. The molecule has 0 saturated heterocycles. The monoisotopic (exact) mass is 662 g/mol. The standard InChI is InChI=1S/C24H62N4O9Si4/c1-7-29-38(30-8-2,21-13-17-25)35-40(33-11-5,23-15-19-27)37-41(34-12-6,24-16-20-28)36-39(31-9-3,32-10-4)22-14-18-26/h7-28H2,1-6H3. The lowest BCUT2D eigenvalue weighted by molar-refractivity contribution is 0.0341.